The van der Waals surface area contributed by atoms with Gasteiger partial charge in [0.05, 0.1) is 20.1 Å². The zero-order valence-electron chi connectivity index (χ0n) is 10.9. The van der Waals surface area contributed by atoms with Crippen LogP contribution in [-0.2, 0) is 11.4 Å². The quantitative estimate of drug-likeness (QED) is 0.823. The van der Waals surface area contributed by atoms with Crippen molar-refractivity contribution in [3.63, 3.8) is 0 Å². The molecule has 0 radical (unpaired) electrons. The van der Waals surface area contributed by atoms with Gasteiger partial charge in [-0.1, -0.05) is 6.07 Å². The molecule has 1 saturated carbocycles. The van der Waals surface area contributed by atoms with E-state index in [9.17, 15) is 4.79 Å². The van der Waals surface area contributed by atoms with Crippen LogP contribution in [0.2, 0.25) is 0 Å². The SMILES string of the molecule is COc1cc(CO)ccc1OC1(CC(=O)O)CCC1. The van der Waals surface area contributed by atoms with Crippen molar-refractivity contribution in [3.05, 3.63) is 23.8 Å². The van der Waals surface area contributed by atoms with E-state index >= 15 is 0 Å². The number of hydrogen-bond donors (Lipinski definition) is 2. The minimum Gasteiger partial charge on any atom is -0.493 e. The maximum atomic E-state index is 10.9. The summed E-state index contributed by atoms with van der Waals surface area (Å²) in [6.45, 7) is -0.0725. The van der Waals surface area contributed by atoms with Gasteiger partial charge in [0.25, 0.3) is 0 Å². The van der Waals surface area contributed by atoms with E-state index in [2.05, 4.69) is 0 Å². The normalized spacial score (nSPS) is 16.5. The van der Waals surface area contributed by atoms with Crippen molar-refractivity contribution in [1.82, 2.24) is 0 Å². The van der Waals surface area contributed by atoms with Crippen LogP contribution in [0.3, 0.4) is 0 Å². The summed E-state index contributed by atoms with van der Waals surface area (Å²) in [6.07, 6.45) is 2.45. The number of aliphatic hydroxyl groups is 1. The molecule has 0 heterocycles. The highest BCUT2D eigenvalue weighted by atomic mass is 16.5. The molecule has 104 valence electrons. The van der Waals surface area contributed by atoms with Gasteiger partial charge in [0, 0.05) is 0 Å². The number of aliphatic hydroxyl groups excluding tert-OH is 1. The zero-order valence-corrected chi connectivity index (χ0v) is 10.9. The maximum Gasteiger partial charge on any atom is 0.307 e. The molecule has 1 aromatic rings. The number of hydrogen-bond acceptors (Lipinski definition) is 4. The molecule has 2 rings (SSSR count). The Bertz CT molecular complexity index is 465. The van der Waals surface area contributed by atoms with E-state index in [0.29, 0.717) is 11.5 Å². The molecule has 0 saturated heterocycles. The number of carboxylic acid groups (broad SMARTS) is 1. The Morgan fingerprint density at radius 2 is 2.11 bits per heavy atom. The predicted molar refractivity (Wildman–Crippen MR) is 68.4 cm³/mol. The van der Waals surface area contributed by atoms with E-state index in [1.54, 1.807) is 18.2 Å². The Balaban J connectivity index is 2.19. The molecule has 1 fully saturated rings. The molecule has 0 spiro atoms. The van der Waals surface area contributed by atoms with Crippen molar-refractivity contribution >= 4 is 5.97 Å². The van der Waals surface area contributed by atoms with Crippen molar-refractivity contribution in [2.24, 2.45) is 0 Å². The van der Waals surface area contributed by atoms with Crippen molar-refractivity contribution in [2.45, 2.75) is 37.9 Å². The summed E-state index contributed by atoms with van der Waals surface area (Å²) in [4.78, 5) is 10.9. The molecule has 1 aliphatic rings. The first-order chi connectivity index (χ1) is 9.08. The van der Waals surface area contributed by atoms with Crippen LogP contribution in [0.5, 0.6) is 11.5 Å². The molecule has 0 unspecified atom stereocenters. The molecule has 2 N–H and O–H groups in total. The van der Waals surface area contributed by atoms with Gasteiger partial charge in [-0.15, -0.1) is 0 Å². The number of carboxylic acids is 1. The van der Waals surface area contributed by atoms with Gasteiger partial charge < -0.3 is 19.7 Å². The van der Waals surface area contributed by atoms with Crippen LogP contribution >= 0.6 is 0 Å². The summed E-state index contributed by atoms with van der Waals surface area (Å²) >= 11 is 0. The highest BCUT2D eigenvalue weighted by molar-refractivity contribution is 5.68. The summed E-state index contributed by atoms with van der Waals surface area (Å²) in [5.41, 5.74) is 0.116. The molecule has 19 heavy (non-hydrogen) atoms. The van der Waals surface area contributed by atoms with Crippen molar-refractivity contribution in [3.8, 4) is 11.5 Å². The summed E-state index contributed by atoms with van der Waals surface area (Å²) < 4.78 is 11.1. The number of benzene rings is 1. The van der Waals surface area contributed by atoms with Crippen molar-refractivity contribution in [2.75, 3.05) is 7.11 Å². The Morgan fingerprint density at radius 3 is 2.58 bits per heavy atom. The molecule has 1 aromatic carbocycles. The highest BCUT2D eigenvalue weighted by Crippen LogP contribution is 2.42. The van der Waals surface area contributed by atoms with Gasteiger partial charge in [-0.2, -0.15) is 0 Å². The van der Waals surface area contributed by atoms with Gasteiger partial charge in [-0.05, 0) is 37.0 Å². The standard InChI is InChI=1S/C14H18O5/c1-18-12-7-10(9-15)3-4-11(12)19-14(5-2-6-14)8-13(16)17/h3-4,7,15H,2,5-6,8-9H2,1H3,(H,16,17). The summed E-state index contributed by atoms with van der Waals surface area (Å²) in [7, 11) is 1.52. The molecule has 0 aromatic heterocycles. The molecular weight excluding hydrogens is 248 g/mol. The number of ether oxygens (including phenoxy) is 2. The second-order valence-corrected chi connectivity index (χ2v) is 4.85. The first kappa shape index (κ1) is 13.7. The number of rotatable bonds is 6. The van der Waals surface area contributed by atoms with E-state index in [1.807, 2.05) is 0 Å². The summed E-state index contributed by atoms with van der Waals surface area (Å²) in [5, 5.41) is 18.0. The molecule has 5 nitrogen and oxygen atoms in total. The van der Waals surface area contributed by atoms with E-state index in [4.69, 9.17) is 19.7 Å². The van der Waals surface area contributed by atoms with E-state index in [1.165, 1.54) is 7.11 Å². The van der Waals surface area contributed by atoms with E-state index < -0.39 is 11.6 Å². The highest BCUT2D eigenvalue weighted by Gasteiger charge is 2.42. The van der Waals surface area contributed by atoms with Gasteiger partial charge in [0.15, 0.2) is 11.5 Å². The average molecular weight is 266 g/mol. The maximum absolute atomic E-state index is 10.9. The first-order valence-corrected chi connectivity index (χ1v) is 6.27. The van der Waals surface area contributed by atoms with Crippen LogP contribution in [0.25, 0.3) is 0 Å². The largest absolute Gasteiger partial charge is 0.493 e. The van der Waals surface area contributed by atoms with Crippen molar-refractivity contribution in [1.29, 1.82) is 0 Å². The fourth-order valence-electron chi connectivity index (χ4n) is 2.29. The lowest BCUT2D eigenvalue weighted by atomic mass is 9.77. The van der Waals surface area contributed by atoms with Crippen LogP contribution in [-0.4, -0.2) is 28.9 Å². The Morgan fingerprint density at radius 1 is 1.37 bits per heavy atom. The van der Waals surface area contributed by atoms with Crippen LogP contribution in [0, 0.1) is 0 Å². The number of carbonyl (C=O) groups is 1. The third-order valence-electron chi connectivity index (χ3n) is 3.48. The van der Waals surface area contributed by atoms with Crippen molar-refractivity contribution < 1.29 is 24.5 Å². The molecular formula is C14H18O5. The monoisotopic (exact) mass is 266 g/mol. The van der Waals surface area contributed by atoms with Crippen LogP contribution < -0.4 is 9.47 Å². The van der Waals surface area contributed by atoms with Gasteiger partial charge in [-0.25, -0.2) is 0 Å². The number of methoxy groups -OCH3 is 1. The van der Waals surface area contributed by atoms with Gasteiger partial charge >= 0.3 is 5.97 Å². The first-order valence-electron chi connectivity index (χ1n) is 6.27. The Hall–Kier alpha value is -1.75. The van der Waals surface area contributed by atoms with Crippen LogP contribution in [0.15, 0.2) is 18.2 Å². The Kier molecular flexibility index (Phi) is 3.95. The molecule has 0 bridgehead atoms. The van der Waals surface area contributed by atoms with Gasteiger partial charge in [0.2, 0.25) is 0 Å². The average Bonchev–Trinajstić information content (AvgIpc) is 2.36. The van der Waals surface area contributed by atoms with Gasteiger partial charge in [0.1, 0.15) is 5.60 Å². The molecule has 0 atom stereocenters. The molecule has 0 aliphatic heterocycles. The van der Waals surface area contributed by atoms with Crippen LogP contribution in [0.4, 0.5) is 0 Å². The fourth-order valence-corrected chi connectivity index (χ4v) is 2.29. The third kappa shape index (κ3) is 2.98. The Labute approximate surface area is 111 Å². The second-order valence-electron chi connectivity index (χ2n) is 4.85. The summed E-state index contributed by atoms with van der Waals surface area (Å²) in [5.74, 6) is 0.189. The minimum absolute atomic E-state index is 0.00208. The van der Waals surface area contributed by atoms with E-state index in [-0.39, 0.29) is 13.0 Å². The molecule has 0 amide bonds. The molecule has 1 aliphatic carbocycles. The second kappa shape index (κ2) is 5.48. The fraction of sp³-hybridized carbons (Fsp3) is 0.500. The predicted octanol–water partition coefficient (Wildman–Crippen LogP) is 1.96. The summed E-state index contributed by atoms with van der Waals surface area (Å²) in [6, 6.07) is 5.15. The van der Waals surface area contributed by atoms with Crippen LogP contribution in [0.1, 0.15) is 31.2 Å². The minimum atomic E-state index is -0.856. The topological polar surface area (TPSA) is 76.0 Å². The lowest BCUT2D eigenvalue weighted by Gasteiger charge is -2.41. The lowest BCUT2D eigenvalue weighted by molar-refractivity contribution is -0.144. The zero-order chi connectivity index (χ0) is 13.9. The lowest BCUT2D eigenvalue weighted by Crippen LogP contribution is -2.45. The van der Waals surface area contributed by atoms with Gasteiger partial charge in [-0.3, -0.25) is 4.79 Å². The smallest absolute Gasteiger partial charge is 0.307 e. The number of aliphatic carboxylic acids is 1. The van der Waals surface area contributed by atoms with E-state index in [0.717, 1.165) is 24.8 Å². The molecule has 5 heteroatoms. The third-order valence-corrected chi connectivity index (χ3v) is 3.48.